The second-order valence-corrected chi connectivity index (χ2v) is 5.84. The highest BCUT2D eigenvalue weighted by molar-refractivity contribution is 5.02. The van der Waals surface area contributed by atoms with Crippen LogP contribution in [0.4, 0.5) is 0 Å². The summed E-state index contributed by atoms with van der Waals surface area (Å²) >= 11 is 0. The maximum absolute atomic E-state index is 11.7. The molecule has 0 aliphatic heterocycles. The van der Waals surface area contributed by atoms with E-state index in [2.05, 4.69) is 33.0 Å². The molecular weight excluding hydrogens is 230 g/mol. The van der Waals surface area contributed by atoms with Gasteiger partial charge in [-0.15, -0.1) is 0 Å². The number of nitrogens with one attached hydrogen (secondary N) is 1. The molecule has 0 aromatic carbocycles. The first-order valence-electron chi connectivity index (χ1n) is 6.14. The van der Waals surface area contributed by atoms with Crippen molar-refractivity contribution >= 4 is 0 Å². The van der Waals surface area contributed by atoms with Gasteiger partial charge < -0.3 is 5.32 Å². The first kappa shape index (κ1) is 14.7. The average Bonchev–Trinajstić information content (AvgIpc) is 2.27. The Morgan fingerprint density at radius 1 is 1.22 bits per heavy atom. The van der Waals surface area contributed by atoms with Crippen molar-refractivity contribution in [2.75, 3.05) is 0 Å². The molecule has 0 saturated carbocycles. The van der Waals surface area contributed by atoms with Crippen molar-refractivity contribution in [1.29, 1.82) is 0 Å². The molecule has 0 fully saturated rings. The molecule has 5 nitrogen and oxygen atoms in total. The lowest BCUT2D eigenvalue weighted by Crippen LogP contribution is -2.42. The molecule has 1 heterocycles. The summed E-state index contributed by atoms with van der Waals surface area (Å²) in [6.45, 7) is 9.05. The van der Waals surface area contributed by atoms with Gasteiger partial charge in [0.05, 0.1) is 0 Å². The van der Waals surface area contributed by atoms with E-state index < -0.39 is 0 Å². The van der Waals surface area contributed by atoms with E-state index in [0.717, 1.165) is 4.57 Å². The van der Waals surface area contributed by atoms with E-state index in [9.17, 15) is 9.59 Å². The van der Waals surface area contributed by atoms with Crippen LogP contribution in [0.5, 0.6) is 0 Å². The van der Waals surface area contributed by atoms with Gasteiger partial charge in [0.15, 0.2) is 0 Å². The number of rotatable bonds is 3. The van der Waals surface area contributed by atoms with Crippen LogP contribution in [0.15, 0.2) is 15.7 Å². The van der Waals surface area contributed by atoms with Crippen molar-refractivity contribution in [3.05, 3.63) is 32.6 Å². The van der Waals surface area contributed by atoms with Crippen LogP contribution in [0.3, 0.4) is 0 Å². The first-order valence-corrected chi connectivity index (χ1v) is 6.14. The molecule has 18 heavy (non-hydrogen) atoms. The quantitative estimate of drug-likeness (QED) is 0.858. The summed E-state index contributed by atoms with van der Waals surface area (Å²) < 4.78 is 2.61. The van der Waals surface area contributed by atoms with Crippen LogP contribution < -0.4 is 16.6 Å². The molecule has 0 aliphatic carbocycles. The molecule has 0 spiro atoms. The zero-order valence-corrected chi connectivity index (χ0v) is 12.1. The van der Waals surface area contributed by atoms with Gasteiger partial charge in [0.25, 0.3) is 5.56 Å². The minimum absolute atomic E-state index is 0.138. The third-order valence-corrected chi connectivity index (χ3v) is 3.51. The van der Waals surface area contributed by atoms with Gasteiger partial charge in [-0.2, -0.15) is 0 Å². The van der Waals surface area contributed by atoms with Crippen LogP contribution in [0.25, 0.3) is 0 Å². The molecule has 5 heteroatoms. The fourth-order valence-electron chi connectivity index (χ4n) is 1.51. The van der Waals surface area contributed by atoms with Crippen LogP contribution in [-0.2, 0) is 20.6 Å². The lowest BCUT2D eigenvalue weighted by atomic mass is 9.88. The Balaban J connectivity index is 2.94. The van der Waals surface area contributed by atoms with Gasteiger partial charge in [-0.1, -0.05) is 20.8 Å². The minimum atomic E-state index is -0.289. The highest BCUT2D eigenvalue weighted by atomic mass is 16.2. The predicted molar refractivity (Wildman–Crippen MR) is 72.7 cm³/mol. The molecule has 1 aromatic heterocycles. The van der Waals surface area contributed by atoms with Gasteiger partial charge in [-0.05, 0) is 12.3 Å². The fourth-order valence-corrected chi connectivity index (χ4v) is 1.51. The van der Waals surface area contributed by atoms with E-state index in [0.29, 0.717) is 12.2 Å². The Bertz CT molecular complexity index is 535. The number of aromatic nitrogens is 2. The third-order valence-electron chi connectivity index (χ3n) is 3.51. The van der Waals surface area contributed by atoms with Crippen LogP contribution in [0.1, 0.15) is 33.4 Å². The SMILES string of the molecule is CC(NCc1cc(=O)n(C)c(=O)n1C)C(C)(C)C. The highest BCUT2D eigenvalue weighted by Crippen LogP contribution is 2.18. The molecule has 1 rings (SSSR count). The smallest absolute Gasteiger partial charge is 0.308 e. The second kappa shape index (κ2) is 5.10. The van der Waals surface area contributed by atoms with E-state index in [1.807, 2.05) is 0 Å². The van der Waals surface area contributed by atoms with Crippen LogP contribution >= 0.6 is 0 Å². The monoisotopic (exact) mass is 253 g/mol. The maximum atomic E-state index is 11.7. The molecule has 0 radical (unpaired) electrons. The lowest BCUT2D eigenvalue weighted by molar-refractivity contribution is 0.283. The number of nitrogens with zero attached hydrogens (tertiary/aromatic N) is 2. The van der Waals surface area contributed by atoms with Gasteiger partial charge in [0, 0.05) is 38.4 Å². The molecule has 0 bridgehead atoms. The maximum Gasteiger partial charge on any atom is 0.330 e. The molecule has 1 aromatic rings. The Labute approximate surface area is 107 Å². The van der Waals surface area contributed by atoms with E-state index in [1.165, 1.54) is 17.7 Å². The topological polar surface area (TPSA) is 56.0 Å². The third kappa shape index (κ3) is 3.10. The zero-order chi connectivity index (χ0) is 14.1. The first-order chi connectivity index (χ1) is 8.14. The van der Waals surface area contributed by atoms with E-state index in [4.69, 9.17) is 0 Å². The number of hydrogen-bond donors (Lipinski definition) is 1. The van der Waals surface area contributed by atoms with Crippen LogP contribution in [0.2, 0.25) is 0 Å². The second-order valence-electron chi connectivity index (χ2n) is 5.84. The summed E-state index contributed by atoms with van der Waals surface area (Å²) in [5.74, 6) is 0. The largest absolute Gasteiger partial charge is 0.330 e. The van der Waals surface area contributed by atoms with Gasteiger partial charge in [0.2, 0.25) is 0 Å². The standard InChI is InChI=1S/C13H23N3O2/c1-9(13(2,3)4)14-8-10-7-11(17)16(6)12(18)15(10)5/h7,9,14H,8H2,1-6H3. The molecule has 1 N–H and O–H groups in total. The van der Waals surface area contributed by atoms with Crippen molar-refractivity contribution in [2.24, 2.45) is 19.5 Å². The van der Waals surface area contributed by atoms with E-state index >= 15 is 0 Å². The summed E-state index contributed by atoms with van der Waals surface area (Å²) in [7, 11) is 3.17. The normalized spacial score (nSPS) is 13.7. The fraction of sp³-hybridized carbons (Fsp3) is 0.692. The Morgan fingerprint density at radius 2 is 1.78 bits per heavy atom. The number of hydrogen-bond acceptors (Lipinski definition) is 3. The highest BCUT2D eigenvalue weighted by Gasteiger charge is 2.19. The summed E-state index contributed by atoms with van der Waals surface area (Å²) in [6, 6.07) is 1.79. The molecule has 0 aliphatic rings. The molecule has 0 amide bonds. The van der Waals surface area contributed by atoms with Gasteiger partial charge >= 0.3 is 5.69 Å². The molecule has 0 saturated heterocycles. The van der Waals surface area contributed by atoms with Crippen molar-refractivity contribution in [3.63, 3.8) is 0 Å². The zero-order valence-electron chi connectivity index (χ0n) is 12.1. The molecule has 1 atom stereocenters. The van der Waals surface area contributed by atoms with Crippen LogP contribution in [-0.4, -0.2) is 15.2 Å². The molecule has 102 valence electrons. The van der Waals surface area contributed by atoms with Crippen molar-refractivity contribution < 1.29 is 0 Å². The van der Waals surface area contributed by atoms with E-state index in [-0.39, 0.29) is 22.7 Å². The summed E-state index contributed by atoms with van der Waals surface area (Å²) in [5.41, 5.74) is 0.290. The van der Waals surface area contributed by atoms with Crippen molar-refractivity contribution in [2.45, 2.75) is 40.3 Å². The summed E-state index contributed by atoms with van der Waals surface area (Å²) in [6.07, 6.45) is 0. The lowest BCUT2D eigenvalue weighted by Gasteiger charge is -2.28. The summed E-state index contributed by atoms with van der Waals surface area (Å²) in [4.78, 5) is 23.3. The van der Waals surface area contributed by atoms with Gasteiger partial charge in [-0.25, -0.2) is 4.79 Å². The molecule has 1 unspecified atom stereocenters. The average molecular weight is 253 g/mol. The Hall–Kier alpha value is -1.36. The Kier molecular flexibility index (Phi) is 4.16. The van der Waals surface area contributed by atoms with Gasteiger partial charge in [-0.3, -0.25) is 13.9 Å². The van der Waals surface area contributed by atoms with Crippen molar-refractivity contribution in [3.8, 4) is 0 Å². The van der Waals surface area contributed by atoms with E-state index in [1.54, 1.807) is 7.05 Å². The minimum Gasteiger partial charge on any atom is -0.308 e. The van der Waals surface area contributed by atoms with Gasteiger partial charge in [0.1, 0.15) is 0 Å². The Morgan fingerprint density at radius 3 is 2.28 bits per heavy atom. The van der Waals surface area contributed by atoms with Crippen molar-refractivity contribution in [1.82, 2.24) is 14.5 Å². The summed E-state index contributed by atoms with van der Waals surface area (Å²) in [5, 5.41) is 3.35. The predicted octanol–water partition coefficient (Wildman–Crippen LogP) is 0.608. The molecular formula is C13H23N3O2. The van der Waals surface area contributed by atoms with Crippen LogP contribution in [0, 0.1) is 5.41 Å².